The van der Waals surface area contributed by atoms with Crippen LogP contribution in [0, 0.1) is 6.92 Å². The molecule has 2 aromatic heterocycles. The number of hydrogen-bond donors (Lipinski definition) is 0. The number of ether oxygens (including phenoxy) is 1. The van der Waals surface area contributed by atoms with Crippen LogP contribution in [0.4, 0.5) is 11.8 Å². The van der Waals surface area contributed by atoms with Crippen LogP contribution in [-0.2, 0) is 11.2 Å². The molecule has 126 valence electrons. The largest absolute Gasteiger partial charge is 0.378 e. The summed E-state index contributed by atoms with van der Waals surface area (Å²) in [6.07, 6.45) is 3.59. The predicted molar refractivity (Wildman–Crippen MR) is 86.3 cm³/mol. The molecule has 0 unspecified atom stereocenters. The normalized spacial score (nSPS) is 17.7. The SMILES string of the molecule is Cc1cc(C(=O)N2CCCc3cnc(N4CCOCC4)nc32)no1. The molecule has 2 aliphatic rings. The number of amides is 1. The van der Waals surface area contributed by atoms with Crippen LogP contribution in [0.2, 0.25) is 0 Å². The van der Waals surface area contributed by atoms with E-state index in [1.807, 2.05) is 6.20 Å². The summed E-state index contributed by atoms with van der Waals surface area (Å²) in [5.74, 6) is 1.77. The maximum Gasteiger partial charge on any atom is 0.281 e. The average Bonchev–Trinajstić information content (AvgIpc) is 3.07. The third-order valence-corrected chi connectivity index (χ3v) is 4.30. The van der Waals surface area contributed by atoms with E-state index in [4.69, 9.17) is 9.26 Å². The molecule has 8 nitrogen and oxygen atoms in total. The molecule has 0 radical (unpaired) electrons. The van der Waals surface area contributed by atoms with E-state index in [2.05, 4.69) is 20.0 Å². The van der Waals surface area contributed by atoms with E-state index in [1.165, 1.54) is 0 Å². The summed E-state index contributed by atoms with van der Waals surface area (Å²) in [5, 5.41) is 3.84. The zero-order chi connectivity index (χ0) is 16.5. The molecule has 0 spiro atoms. The van der Waals surface area contributed by atoms with Crippen LogP contribution in [0.15, 0.2) is 16.8 Å². The van der Waals surface area contributed by atoms with E-state index < -0.39 is 0 Å². The molecule has 0 N–H and O–H groups in total. The van der Waals surface area contributed by atoms with E-state index in [0.717, 1.165) is 31.5 Å². The third kappa shape index (κ3) is 2.73. The second kappa shape index (κ2) is 6.20. The first-order valence-electron chi connectivity index (χ1n) is 8.16. The van der Waals surface area contributed by atoms with Crippen LogP contribution in [-0.4, -0.2) is 53.9 Å². The van der Waals surface area contributed by atoms with Gasteiger partial charge in [0, 0.05) is 37.5 Å². The molecule has 8 heteroatoms. The molecule has 24 heavy (non-hydrogen) atoms. The lowest BCUT2D eigenvalue weighted by Gasteiger charge is -2.31. The van der Waals surface area contributed by atoms with Crippen LogP contribution in [0.1, 0.15) is 28.2 Å². The van der Waals surface area contributed by atoms with Gasteiger partial charge < -0.3 is 14.2 Å². The number of nitrogens with zero attached hydrogens (tertiary/aromatic N) is 5. The van der Waals surface area contributed by atoms with Gasteiger partial charge >= 0.3 is 0 Å². The first kappa shape index (κ1) is 15.1. The van der Waals surface area contributed by atoms with Gasteiger partial charge in [0.2, 0.25) is 5.95 Å². The van der Waals surface area contributed by atoms with Crippen molar-refractivity contribution in [2.24, 2.45) is 0 Å². The van der Waals surface area contributed by atoms with Gasteiger partial charge in [-0.05, 0) is 19.8 Å². The number of rotatable bonds is 2. The number of morpholine rings is 1. The van der Waals surface area contributed by atoms with Crippen molar-refractivity contribution in [1.29, 1.82) is 0 Å². The lowest BCUT2D eigenvalue weighted by Crippen LogP contribution is -2.39. The number of anilines is 2. The molecule has 2 aromatic rings. The highest BCUT2D eigenvalue weighted by molar-refractivity contribution is 6.04. The summed E-state index contributed by atoms with van der Waals surface area (Å²) in [5.41, 5.74) is 1.30. The minimum absolute atomic E-state index is 0.181. The molecule has 1 amide bonds. The Morgan fingerprint density at radius 3 is 2.83 bits per heavy atom. The third-order valence-electron chi connectivity index (χ3n) is 4.30. The smallest absolute Gasteiger partial charge is 0.281 e. The van der Waals surface area contributed by atoms with Gasteiger partial charge in [0.1, 0.15) is 11.6 Å². The van der Waals surface area contributed by atoms with E-state index in [1.54, 1.807) is 17.9 Å². The molecule has 0 aromatic carbocycles. The van der Waals surface area contributed by atoms with Crippen molar-refractivity contribution >= 4 is 17.7 Å². The molecule has 2 aliphatic heterocycles. The number of fused-ring (bicyclic) bond motifs is 1. The molecular formula is C16H19N5O3. The first-order valence-corrected chi connectivity index (χ1v) is 8.16. The van der Waals surface area contributed by atoms with E-state index in [9.17, 15) is 4.79 Å². The van der Waals surface area contributed by atoms with Crippen LogP contribution in [0.3, 0.4) is 0 Å². The zero-order valence-corrected chi connectivity index (χ0v) is 13.6. The van der Waals surface area contributed by atoms with Crippen molar-refractivity contribution in [3.8, 4) is 0 Å². The van der Waals surface area contributed by atoms with Crippen LogP contribution in [0.25, 0.3) is 0 Å². The topological polar surface area (TPSA) is 84.6 Å². The fourth-order valence-electron chi connectivity index (χ4n) is 3.05. The van der Waals surface area contributed by atoms with Gasteiger partial charge in [-0.2, -0.15) is 4.98 Å². The summed E-state index contributed by atoms with van der Waals surface area (Å²) < 4.78 is 10.4. The van der Waals surface area contributed by atoms with Crippen LogP contribution >= 0.6 is 0 Å². The van der Waals surface area contributed by atoms with Gasteiger partial charge in [0.05, 0.1) is 13.2 Å². The quantitative estimate of drug-likeness (QED) is 0.818. The summed E-state index contributed by atoms with van der Waals surface area (Å²) in [7, 11) is 0. The van der Waals surface area contributed by atoms with Crippen molar-refractivity contribution in [2.45, 2.75) is 19.8 Å². The number of aromatic nitrogens is 3. The lowest BCUT2D eigenvalue weighted by atomic mass is 10.1. The molecule has 1 saturated heterocycles. The van der Waals surface area contributed by atoms with Gasteiger partial charge in [-0.15, -0.1) is 0 Å². The standard InChI is InChI=1S/C16H19N5O3/c1-11-9-13(19-24-11)15(22)21-4-2-3-12-10-17-16(18-14(12)21)20-5-7-23-8-6-20/h9-10H,2-8H2,1H3. The highest BCUT2D eigenvalue weighted by Gasteiger charge is 2.28. The second-order valence-corrected chi connectivity index (χ2v) is 6.00. The lowest BCUT2D eigenvalue weighted by molar-refractivity contribution is 0.0975. The summed E-state index contributed by atoms with van der Waals surface area (Å²) in [6.45, 7) is 5.25. The molecule has 0 atom stereocenters. The molecule has 0 bridgehead atoms. The van der Waals surface area contributed by atoms with Gasteiger partial charge in [-0.25, -0.2) is 4.98 Å². The maximum absolute atomic E-state index is 12.8. The highest BCUT2D eigenvalue weighted by Crippen LogP contribution is 2.28. The fourth-order valence-corrected chi connectivity index (χ4v) is 3.05. The zero-order valence-electron chi connectivity index (χ0n) is 13.6. The molecule has 1 fully saturated rings. The predicted octanol–water partition coefficient (Wildman–Crippen LogP) is 1.20. The fraction of sp³-hybridized carbons (Fsp3) is 0.500. The van der Waals surface area contributed by atoms with Gasteiger partial charge in [-0.1, -0.05) is 5.16 Å². The molecule has 0 aliphatic carbocycles. The van der Waals surface area contributed by atoms with Crippen molar-refractivity contribution in [2.75, 3.05) is 42.6 Å². The molecule has 4 rings (SSSR count). The summed E-state index contributed by atoms with van der Waals surface area (Å²) >= 11 is 0. The van der Waals surface area contributed by atoms with Gasteiger partial charge in [0.15, 0.2) is 5.69 Å². The van der Waals surface area contributed by atoms with E-state index in [-0.39, 0.29) is 5.91 Å². The Bertz CT molecular complexity index is 754. The van der Waals surface area contributed by atoms with Crippen LogP contribution < -0.4 is 9.80 Å². The molecular weight excluding hydrogens is 310 g/mol. The Balaban J connectivity index is 1.66. The number of carbonyl (C=O) groups is 1. The van der Waals surface area contributed by atoms with Crippen molar-refractivity contribution in [1.82, 2.24) is 15.1 Å². The number of hydrogen-bond acceptors (Lipinski definition) is 7. The minimum Gasteiger partial charge on any atom is -0.378 e. The summed E-state index contributed by atoms with van der Waals surface area (Å²) in [4.78, 5) is 25.7. The minimum atomic E-state index is -0.181. The maximum atomic E-state index is 12.8. The second-order valence-electron chi connectivity index (χ2n) is 6.00. The van der Waals surface area contributed by atoms with E-state index in [0.29, 0.717) is 43.0 Å². The highest BCUT2D eigenvalue weighted by atomic mass is 16.5. The van der Waals surface area contributed by atoms with E-state index >= 15 is 0 Å². The molecule has 0 saturated carbocycles. The monoisotopic (exact) mass is 329 g/mol. The first-order chi connectivity index (χ1) is 11.7. The Kier molecular flexibility index (Phi) is 3.89. The molecule has 4 heterocycles. The van der Waals surface area contributed by atoms with Crippen molar-refractivity contribution in [3.63, 3.8) is 0 Å². The Morgan fingerprint density at radius 1 is 1.25 bits per heavy atom. The van der Waals surface area contributed by atoms with Crippen molar-refractivity contribution < 1.29 is 14.1 Å². The Labute approximate surface area is 139 Å². The van der Waals surface area contributed by atoms with Gasteiger partial charge in [0.25, 0.3) is 5.91 Å². The number of carbonyl (C=O) groups excluding carboxylic acids is 1. The van der Waals surface area contributed by atoms with Crippen LogP contribution in [0.5, 0.6) is 0 Å². The Morgan fingerprint density at radius 2 is 2.08 bits per heavy atom. The average molecular weight is 329 g/mol. The Hall–Kier alpha value is -2.48. The van der Waals surface area contributed by atoms with Crippen molar-refractivity contribution in [3.05, 3.63) is 29.3 Å². The number of aryl methyl sites for hydroxylation is 2. The summed E-state index contributed by atoms with van der Waals surface area (Å²) in [6, 6.07) is 1.65. The van der Waals surface area contributed by atoms with Gasteiger partial charge in [-0.3, -0.25) is 9.69 Å².